The molecule has 0 amide bonds. The van der Waals surface area contributed by atoms with Gasteiger partial charge in [0.25, 0.3) is 0 Å². The Morgan fingerprint density at radius 1 is 0.735 bits per heavy atom. The van der Waals surface area contributed by atoms with Crippen LogP contribution >= 0.6 is 22.6 Å². The molecule has 0 spiro atoms. The second-order valence-electron chi connectivity index (χ2n) is 6.61. The summed E-state index contributed by atoms with van der Waals surface area (Å²) in [6, 6.07) is 4.62. The zero-order chi connectivity index (χ0) is 29.0. The average molecular weight is 591 g/mol. The van der Waals surface area contributed by atoms with Gasteiger partial charge in [-0.05, 0) is 75.1 Å². The average Bonchev–Trinajstić information content (AvgIpc) is 2.89. The summed E-state index contributed by atoms with van der Waals surface area (Å²) in [6.07, 6.45) is 12.1. The number of unbranched alkanes of at least 4 members (excludes halogenated alkanes) is 2. The minimum Gasteiger partial charge on any atom is -0.103 e. The van der Waals surface area contributed by atoms with Crippen LogP contribution in [0.5, 0.6) is 0 Å². The first-order valence-electron chi connectivity index (χ1n) is 13.6. The van der Waals surface area contributed by atoms with Crippen LogP contribution < -0.4 is 0 Å². The highest BCUT2D eigenvalue weighted by Crippen LogP contribution is 2.16. The van der Waals surface area contributed by atoms with Crippen molar-refractivity contribution in [1.29, 1.82) is 0 Å². The SMILES string of the molecule is C=C/C(C)=C/C.C=CC.CC.CC.CC.CCCCC.CCCc1cc(C)c(C)cc1C.CI. The number of benzene rings is 1. The molecule has 0 radical (unpaired) electrons. The van der Waals surface area contributed by atoms with Gasteiger partial charge in [0.2, 0.25) is 0 Å². The first kappa shape index (κ1) is 50.1. The third-order valence-corrected chi connectivity index (χ3v) is 3.96. The Hall–Kier alpha value is -0.830. The van der Waals surface area contributed by atoms with Crippen molar-refractivity contribution in [3.05, 3.63) is 71.3 Å². The Bertz CT molecular complexity index is 494. The summed E-state index contributed by atoms with van der Waals surface area (Å²) in [5.41, 5.74) is 7.02. The van der Waals surface area contributed by atoms with Crippen molar-refractivity contribution < 1.29 is 0 Å². The van der Waals surface area contributed by atoms with E-state index >= 15 is 0 Å². The highest BCUT2D eigenvalue weighted by Gasteiger charge is 1.99. The molecule has 1 aromatic carbocycles. The van der Waals surface area contributed by atoms with Crippen LogP contribution in [0, 0.1) is 20.8 Å². The minimum absolute atomic E-state index is 1.22. The van der Waals surface area contributed by atoms with Crippen molar-refractivity contribution in [3.63, 3.8) is 0 Å². The maximum Gasteiger partial charge on any atom is -0.0121 e. The number of rotatable bonds is 5. The molecule has 0 aliphatic rings. The van der Waals surface area contributed by atoms with Gasteiger partial charge in [-0.15, -0.1) is 6.58 Å². The van der Waals surface area contributed by atoms with Crippen LogP contribution in [-0.2, 0) is 6.42 Å². The first-order valence-corrected chi connectivity index (χ1v) is 15.7. The van der Waals surface area contributed by atoms with Crippen LogP contribution in [0.1, 0.15) is 131 Å². The molecule has 0 saturated heterocycles. The normalized spacial score (nSPS) is 7.97. The molecule has 1 aromatic rings. The predicted molar refractivity (Wildman–Crippen MR) is 179 cm³/mol. The fourth-order valence-corrected chi connectivity index (χ4v) is 2.03. The van der Waals surface area contributed by atoms with Gasteiger partial charge in [0.1, 0.15) is 0 Å². The van der Waals surface area contributed by atoms with Crippen LogP contribution in [0.3, 0.4) is 0 Å². The number of hydrogen-bond acceptors (Lipinski definition) is 0. The first-order chi connectivity index (χ1) is 16.3. The van der Waals surface area contributed by atoms with Crippen molar-refractivity contribution >= 4 is 22.6 Å². The lowest BCUT2D eigenvalue weighted by Gasteiger charge is -2.08. The molecule has 0 bridgehead atoms. The van der Waals surface area contributed by atoms with E-state index in [-0.39, 0.29) is 0 Å². The van der Waals surface area contributed by atoms with Crippen molar-refractivity contribution in [2.24, 2.45) is 0 Å². The van der Waals surface area contributed by atoms with E-state index in [0.717, 1.165) is 0 Å². The lowest BCUT2D eigenvalue weighted by Crippen LogP contribution is -1.92. The van der Waals surface area contributed by atoms with Gasteiger partial charge in [0.05, 0.1) is 0 Å². The third-order valence-electron chi connectivity index (χ3n) is 3.96. The van der Waals surface area contributed by atoms with E-state index < -0.39 is 0 Å². The Kier molecular flexibility index (Phi) is 78.9. The molecule has 1 rings (SSSR count). The number of halogens is 1. The molecule has 206 valence electrons. The van der Waals surface area contributed by atoms with Crippen LogP contribution in [0.2, 0.25) is 0 Å². The van der Waals surface area contributed by atoms with Gasteiger partial charge in [-0.3, -0.25) is 0 Å². The molecular formula is C33H67I. The topological polar surface area (TPSA) is 0 Å². The van der Waals surface area contributed by atoms with Gasteiger partial charge in [-0.1, -0.05) is 153 Å². The maximum absolute atomic E-state index is 3.56. The van der Waals surface area contributed by atoms with Gasteiger partial charge in [0, 0.05) is 0 Å². The summed E-state index contributed by atoms with van der Waals surface area (Å²) in [5, 5.41) is 0. The van der Waals surface area contributed by atoms with Crippen LogP contribution in [0.25, 0.3) is 0 Å². The molecule has 0 aromatic heterocycles. The van der Waals surface area contributed by atoms with Crippen molar-refractivity contribution in [1.82, 2.24) is 0 Å². The molecule has 0 atom stereocenters. The predicted octanol–water partition coefficient (Wildman–Crippen LogP) is 13.2. The van der Waals surface area contributed by atoms with Crippen molar-refractivity contribution in [2.45, 2.75) is 136 Å². The molecule has 0 aliphatic heterocycles. The fourth-order valence-electron chi connectivity index (χ4n) is 2.03. The van der Waals surface area contributed by atoms with Gasteiger partial charge in [-0.2, -0.15) is 0 Å². The van der Waals surface area contributed by atoms with E-state index in [2.05, 4.69) is 89.4 Å². The molecule has 0 aliphatic carbocycles. The van der Waals surface area contributed by atoms with Gasteiger partial charge < -0.3 is 0 Å². The molecule has 34 heavy (non-hydrogen) atoms. The molecule has 0 saturated carbocycles. The Labute approximate surface area is 234 Å². The summed E-state index contributed by atoms with van der Waals surface area (Å²) in [4.78, 5) is 1.97. The number of allylic oxidation sites excluding steroid dienone is 4. The molecular weight excluding hydrogens is 523 g/mol. The Morgan fingerprint density at radius 3 is 1.29 bits per heavy atom. The lowest BCUT2D eigenvalue weighted by molar-refractivity contribution is 0.772. The maximum atomic E-state index is 3.56. The summed E-state index contributed by atoms with van der Waals surface area (Å²) in [6.45, 7) is 38.1. The van der Waals surface area contributed by atoms with E-state index in [1.807, 2.05) is 79.4 Å². The van der Waals surface area contributed by atoms with Gasteiger partial charge >= 0.3 is 0 Å². The summed E-state index contributed by atoms with van der Waals surface area (Å²) >= 11 is 2.15. The fraction of sp³-hybridized carbons (Fsp3) is 0.636. The standard InChI is InChI=1S/C12H18.C6H10.C5H12.C3H6.3C2H6.CH3I/c1-5-6-12-8-10(3)9(2)7-11(12)4;1-4-6(3)5-2;1-3-5-4-2;1-3-2;4*1-2/h7-8H,5-6H2,1-4H3;4-5H,1H2,2-3H3;3-5H2,1-2H3;3H,1H2,2H3;3*1-2H3;1H3/b;6-5+;;;;;;. The molecule has 0 unspecified atom stereocenters. The molecule has 0 heterocycles. The van der Waals surface area contributed by atoms with Crippen molar-refractivity contribution in [3.8, 4) is 0 Å². The quantitative estimate of drug-likeness (QED) is 0.138. The van der Waals surface area contributed by atoms with E-state index in [4.69, 9.17) is 0 Å². The molecule has 0 N–H and O–H groups in total. The molecule has 1 heteroatoms. The number of aryl methyl sites for hydroxylation is 4. The lowest BCUT2D eigenvalue weighted by atomic mass is 9.98. The number of alkyl halides is 1. The van der Waals surface area contributed by atoms with Crippen LogP contribution in [0.15, 0.2) is 49.1 Å². The zero-order valence-electron chi connectivity index (χ0n) is 26.7. The van der Waals surface area contributed by atoms with Crippen LogP contribution in [-0.4, -0.2) is 4.93 Å². The molecule has 0 fully saturated rings. The smallest absolute Gasteiger partial charge is 0.0121 e. The van der Waals surface area contributed by atoms with E-state index in [1.165, 1.54) is 59.9 Å². The Balaban J connectivity index is -0.0000000568. The van der Waals surface area contributed by atoms with Crippen LogP contribution in [0.4, 0.5) is 0 Å². The van der Waals surface area contributed by atoms with Crippen molar-refractivity contribution in [2.75, 3.05) is 4.93 Å². The number of hydrogen-bond donors (Lipinski definition) is 0. The van der Waals surface area contributed by atoms with E-state index in [9.17, 15) is 0 Å². The minimum atomic E-state index is 1.22. The Morgan fingerprint density at radius 2 is 1.09 bits per heavy atom. The highest BCUT2D eigenvalue weighted by molar-refractivity contribution is 14.1. The van der Waals surface area contributed by atoms with Gasteiger partial charge in [0.15, 0.2) is 0 Å². The second kappa shape index (κ2) is 53.5. The summed E-state index contributed by atoms with van der Waals surface area (Å²) in [5.74, 6) is 0. The third kappa shape index (κ3) is 48.6. The second-order valence-corrected chi connectivity index (χ2v) is 6.61. The summed E-state index contributed by atoms with van der Waals surface area (Å²) in [7, 11) is 0. The summed E-state index contributed by atoms with van der Waals surface area (Å²) < 4.78 is 0. The van der Waals surface area contributed by atoms with Gasteiger partial charge in [-0.25, -0.2) is 0 Å². The molecule has 0 nitrogen and oxygen atoms in total. The highest BCUT2D eigenvalue weighted by atomic mass is 127. The largest absolute Gasteiger partial charge is 0.103 e. The zero-order valence-corrected chi connectivity index (χ0v) is 28.9. The van der Waals surface area contributed by atoms with E-state index in [1.54, 1.807) is 6.08 Å². The van der Waals surface area contributed by atoms with E-state index in [0.29, 0.717) is 0 Å². The monoisotopic (exact) mass is 590 g/mol.